The Labute approximate surface area is 122 Å². The van der Waals surface area contributed by atoms with Crippen molar-refractivity contribution < 1.29 is 0 Å². The van der Waals surface area contributed by atoms with Gasteiger partial charge in [-0.15, -0.1) is 0 Å². The monoisotopic (exact) mass is 273 g/mol. The highest BCUT2D eigenvalue weighted by atomic mass is 14.9. The first-order valence-corrected chi connectivity index (χ1v) is 7.17. The van der Waals surface area contributed by atoms with E-state index in [-0.39, 0.29) is 0 Å². The van der Waals surface area contributed by atoms with Gasteiger partial charge >= 0.3 is 0 Å². The molecular weight excluding hydrogens is 258 g/mol. The average molecular weight is 273 g/mol. The minimum Gasteiger partial charge on any atom is -0.338 e. The SMILES string of the molecule is CCc1ccc2nc(-c3ccc4ncccc4c3)[nH]c2c1. The van der Waals surface area contributed by atoms with Crippen LogP contribution in [0.15, 0.2) is 54.7 Å². The molecular formula is C18H15N3. The zero-order valence-electron chi connectivity index (χ0n) is 11.8. The van der Waals surface area contributed by atoms with Gasteiger partial charge in [0.1, 0.15) is 5.82 Å². The van der Waals surface area contributed by atoms with E-state index in [1.807, 2.05) is 18.3 Å². The van der Waals surface area contributed by atoms with Crippen molar-refractivity contribution in [3.63, 3.8) is 0 Å². The summed E-state index contributed by atoms with van der Waals surface area (Å²) in [5.41, 5.74) is 5.51. The van der Waals surface area contributed by atoms with Crippen LogP contribution in [0.2, 0.25) is 0 Å². The molecule has 3 heteroatoms. The van der Waals surface area contributed by atoms with Crippen molar-refractivity contribution in [3.05, 3.63) is 60.3 Å². The number of aryl methyl sites for hydroxylation is 1. The van der Waals surface area contributed by atoms with Crippen LogP contribution in [-0.2, 0) is 6.42 Å². The van der Waals surface area contributed by atoms with E-state index in [1.54, 1.807) is 0 Å². The predicted molar refractivity (Wildman–Crippen MR) is 86.2 cm³/mol. The maximum absolute atomic E-state index is 4.69. The minimum absolute atomic E-state index is 0.906. The van der Waals surface area contributed by atoms with Gasteiger partial charge in [-0.2, -0.15) is 0 Å². The molecule has 4 aromatic rings. The number of benzene rings is 2. The smallest absolute Gasteiger partial charge is 0.138 e. The van der Waals surface area contributed by atoms with Crippen molar-refractivity contribution in [2.75, 3.05) is 0 Å². The number of nitrogens with zero attached hydrogens (tertiary/aromatic N) is 2. The third-order valence-corrected chi connectivity index (χ3v) is 3.83. The Hall–Kier alpha value is -2.68. The van der Waals surface area contributed by atoms with Gasteiger partial charge in [-0.25, -0.2) is 4.98 Å². The molecule has 0 radical (unpaired) electrons. The maximum atomic E-state index is 4.69. The zero-order chi connectivity index (χ0) is 14.2. The molecule has 0 saturated carbocycles. The molecule has 0 spiro atoms. The zero-order valence-corrected chi connectivity index (χ0v) is 11.8. The van der Waals surface area contributed by atoms with E-state index in [1.165, 1.54) is 5.56 Å². The third kappa shape index (κ3) is 2.07. The lowest BCUT2D eigenvalue weighted by Gasteiger charge is -1.99. The molecule has 1 N–H and O–H groups in total. The Balaban J connectivity index is 1.87. The molecule has 0 saturated heterocycles. The number of rotatable bonds is 2. The largest absolute Gasteiger partial charge is 0.338 e. The van der Waals surface area contributed by atoms with Gasteiger partial charge in [-0.3, -0.25) is 4.98 Å². The van der Waals surface area contributed by atoms with Gasteiger partial charge in [0.05, 0.1) is 16.6 Å². The predicted octanol–water partition coefficient (Wildman–Crippen LogP) is 4.34. The molecule has 0 aliphatic heterocycles. The number of nitrogens with one attached hydrogen (secondary N) is 1. The lowest BCUT2D eigenvalue weighted by molar-refractivity contribution is 1.14. The van der Waals surface area contributed by atoms with Crippen molar-refractivity contribution in [2.45, 2.75) is 13.3 Å². The summed E-state index contributed by atoms with van der Waals surface area (Å²) in [7, 11) is 0. The second kappa shape index (κ2) is 4.70. The van der Waals surface area contributed by atoms with E-state index in [0.717, 1.165) is 39.7 Å². The van der Waals surface area contributed by atoms with E-state index >= 15 is 0 Å². The molecule has 2 aromatic carbocycles. The molecule has 2 heterocycles. The van der Waals surface area contributed by atoms with Crippen LogP contribution in [-0.4, -0.2) is 15.0 Å². The van der Waals surface area contributed by atoms with Crippen LogP contribution in [0, 0.1) is 0 Å². The lowest BCUT2D eigenvalue weighted by Crippen LogP contribution is -1.82. The van der Waals surface area contributed by atoms with Crippen LogP contribution in [0.25, 0.3) is 33.3 Å². The first kappa shape index (κ1) is 12.1. The van der Waals surface area contributed by atoms with E-state index in [0.29, 0.717) is 0 Å². The fraction of sp³-hybridized carbons (Fsp3) is 0.111. The van der Waals surface area contributed by atoms with E-state index < -0.39 is 0 Å². The Morgan fingerprint density at radius 1 is 1.00 bits per heavy atom. The molecule has 3 nitrogen and oxygen atoms in total. The third-order valence-electron chi connectivity index (χ3n) is 3.83. The molecule has 0 aliphatic carbocycles. The summed E-state index contributed by atoms with van der Waals surface area (Å²) in [5, 5.41) is 1.13. The van der Waals surface area contributed by atoms with Crippen molar-refractivity contribution in [1.29, 1.82) is 0 Å². The highest BCUT2D eigenvalue weighted by Gasteiger charge is 2.06. The fourth-order valence-electron chi connectivity index (χ4n) is 2.64. The fourth-order valence-corrected chi connectivity index (χ4v) is 2.64. The summed E-state index contributed by atoms with van der Waals surface area (Å²) in [4.78, 5) is 12.5. The quantitative estimate of drug-likeness (QED) is 0.590. The van der Waals surface area contributed by atoms with Crippen molar-refractivity contribution >= 4 is 21.9 Å². The standard InChI is InChI=1S/C18H15N3/c1-2-12-5-7-16-17(10-12)21-18(20-16)14-6-8-15-13(11-14)4-3-9-19-15/h3-11H,2H2,1H3,(H,20,21). The van der Waals surface area contributed by atoms with Gasteiger partial charge in [0.2, 0.25) is 0 Å². The number of H-pyrrole nitrogens is 1. The normalized spacial score (nSPS) is 11.3. The number of hydrogen-bond acceptors (Lipinski definition) is 2. The second-order valence-corrected chi connectivity index (χ2v) is 5.20. The molecule has 0 atom stereocenters. The first-order chi connectivity index (χ1) is 10.3. The number of aromatic nitrogens is 3. The summed E-state index contributed by atoms with van der Waals surface area (Å²) in [6.45, 7) is 2.16. The molecule has 4 rings (SSSR count). The summed E-state index contributed by atoms with van der Waals surface area (Å²) < 4.78 is 0. The Bertz CT molecular complexity index is 937. The number of pyridine rings is 1. The van der Waals surface area contributed by atoms with Gasteiger partial charge in [0.25, 0.3) is 0 Å². The van der Waals surface area contributed by atoms with Crippen LogP contribution in [0.5, 0.6) is 0 Å². The van der Waals surface area contributed by atoms with Gasteiger partial charge in [0.15, 0.2) is 0 Å². The van der Waals surface area contributed by atoms with Crippen molar-refractivity contribution in [3.8, 4) is 11.4 Å². The van der Waals surface area contributed by atoms with E-state index in [4.69, 9.17) is 0 Å². The molecule has 21 heavy (non-hydrogen) atoms. The molecule has 0 fully saturated rings. The van der Waals surface area contributed by atoms with Crippen LogP contribution in [0.4, 0.5) is 0 Å². The van der Waals surface area contributed by atoms with Gasteiger partial charge in [-0.05, 0) is 48.4 Å². The molecule has 2 aromatic heterocycles. The van der Waals surface area contributed by atoms with Gasteiger partial charge in [0, 0.05) is 17.1 Å². The lowest BCUT2D eigenvalue weighted by atomic mass is 10.1. The summed E-state index contributed by atoms with van der Waals surface area (Å²) >= 11 is 0. The molecule has 102 valence electrons. The highest BCUT2D eigenvalue weighted by Crippen LogP contribution is 2.24. The number of hydrogen-bond donors (Lipinski definition) is 1. The maximum Gasteiger partial charge on any atom is 0.138 e. The molecule has 0 amide bonds. The summed E-state index contributed by atoms with van der Waals surface area (Å²) in [6, 6.07) is 16.6. The van der Waals surface area contributed by atoms with Crippen LogP contribution in [0.1, 0.15) is 12.5 Å². The molecule has 0 bridgehead atoms. The van der Waals surface area contributed by atoms with Crippen LogP contribution in [0.3, 0.4) is 0 Å². The summed E-state index contributed by atoms with van der Waals surface area (Å²) in [6.07, 6.45) is 2.85. The topological polar surface area (TPSA) is 41.6 Å². The number of imidazole rings is 1. The Kier molecular flexibility index (Phi) is 2.71. The van der Waals surface area contributed by atoms with Crippen molar-refractivity contribution in [1.82, 2.24) is 15.0 Å². The number of aromatic amines is 1. The molecule has 0 unspecified atom stereocenters. The highest BCUT2D eigenvalue weighted by molar-refractivity contribution is 5.85. The average Bonchev–Trinajstić information content (AvgIpc) is 2.97. The van der Waals surface area contributed by atoms with Crippen molar-refractivity contribution in [2.24, 2.45) is 0 Å². The van der Waals surface area contributed by atoms with Gasteiger partial charge in [-0.1, -0.05) is 19.1 Å². The van der Waals surface area contributed by atoms with Gasteiger partial charge < -0.3 is 4.98 Å². The summed E-state index contributed by atoms with van der Waals surface area (Å²) in [5.74, 6) is 0.906. The van der Waals surface area contributed by atoms with E-state index in [9.17, 15) is 0 Å². The first-order valence-electron chi connectivity index (χ1n) is 7.17. The second-order valence-electron chi connectivity index (χ2n) is 5.20. The minimum atomic E-state index is 0.906. The van der Waals surface area contributed by atoms with E-state index in [2.05, 4.69) is 58.3 Å². The Morgan fingerprint density at radius 2 is 1.90 bits per heavy atom. The molecule has 0 aliphatic rings. The Morgan fingerprint density at radius 3 is 2.81 bits per heavy atom. The van der Waals surface area contributed by atoms with Crippen LogP contribution < -0.4 is 0 Å². The number of fused-ring (bicyclic) bond motifs is 2. The van der Waals surface area contributed by atoms with Crippen LogP contribution >= 0.6 is 0 Å².